The van der Waals surface area contributed by atoms with Crippen LogP contribution in [0.5, 0.6) is 0 Å². The second kappa shape index (κ2) is 13.8. The van der Waals surface area contributed by atoms with Crippen molar-refractivity contribution in [3.05, 3.63) is 0 Å². The predicted octanol–water partition coefficient (Wildman–Crippen LogP) is 3.52. The fraction of sp³-hybridized carbons (Fsp3) is 0.824. The molecule has 0 aliphatic rings. The van der Waals surface area contributed by atoms with E-state index in [1.807, 2.05) is 20.8 Å². The first-order valence-corrected chi connectivity index (χ1v) is 9.88. The van der Waals surface area contributed by atoms with Gasteiger partial charge in [0, 0.05) is 0 Å². The lowest BCUT2D eigenvalue weighted by Crippen LogP contribution is -2.41. The third-order valence-electron chi connectivity index (χ3n) is 3.29. The Morgan fingerprint density at radius 3 is 1.52 bits per heavy atom. The first kappa shape index (κ1) is 23.6. The van der Waals surface area contributed by atoms with Gasteiger partial charge in [-0.2, -0.15) is 0 Å². The molecule has 0 bridgehead atoms. The lowest BCUT2D eigenvalue weighted by Gasteiger charge is -2.26. The van der Waals surface area contributed by atoms with E-state index < -0.39 is 5.97 Å². The van der Waals surface area contributed by atoms with Gasteiger partial charge < -0.3 is 18.9 Å². The lowest BCUT2D eigenvalue weighted by molar-refractivity contribution is -0.362. The molecule has 0 heterocycles. The van der Waals surface area contributed by atoms with Crippen LogP contribution >= 0.6 is 0 Å². The van der Waals surface area contributed by atoms with Crippen molar-refractivity contribution < 1.29 is 18.9 Å². The Morgan fingerprint density at radius 1 is 0.760 bits per heavy atom. The van der Waals surface area contributed by atoms with Crippen LogP contribution in [0.2, 0.25) is 0 Å². The molecule has 0 unspecified atom stereocenters. The molecule has 0 spiro atoms. The van der Waals surface area contributed by atoms with Gasteiger partial charge in [-0.1, -0.05) is 55.5 Å². The monoisotopic (exact) mass is 373 g/mol. The van der Waals surface area contributed by atoms with Gasteiger partial charge in [0.15, 0.2) is 10.5 Å². The molecule has 0 aromatic rings. The van der Waals surface area contributed by atoms with Crippen molar-refractivity contribution in [1.82, 2.24) is 0 Å². The molecule has 0 saturated heterocycles. The number of nitrogens with zero attached hydrogens (tertiary/aromatic N) is 3. The standard InChI is InChI=1S/C17H35N3O4Si/c1-7-10-14(4)18-21-13-17(24-25,22-19-15(5)11-8-2)23-20-16(6)12-9-3/h7-13H2,1-6,25H3. The Kier molecular flexibility index (Phi) is 13.0. The van der Waals surface area contributed by atoms with Gasteiger partial charge in [-0.25, -0.2) is 0 Å². The van der Waals surface area contributed by atoms with Crippen LogP contribution in [0.1, 0.15) is 80.1 Å². The molecule has 0 aromatic heterocycles. The minimum Gasteiger partial charge on any atom is -0.384 e. The molecule has 0 saturated carbocycles. The number of hydrogen-bond donors (Lipinski definition) is 0. The summed E-state index contributed by atoms with van der Waals surface area (Å²) in [6.45, 7) is 11.9. The summed E-state index contributed by atoms with van der Waals surface area (Å²) in [5, 5.41) is 12.3. The second-order valence-corrected chi connectivity index (χ2v) is 6.48. The average molecular weight is 374 g/mol. The van der Waals surface area contributed by atoms with Gasteiger partial charge in [0.1, 0.15) is 0 Å². The van der Waals surface area contributed by atoms with E-state index in [1.165, 1.54) is 0 Å². The van der Waals surface area contributed by atoms with Crippen LogP contribution in [-0.2, 0) is 18.9 Å². The average Bonchev–Trinajstić information content (AvgIpc) is 2.58. The van der Waals surface area contributed by atoms with Crippen molar-refractivity contribution in [3.8, 4) is 0 Å². The smallest absolute Gasteiger partial charge is 0.384 e. The summed E-state index contributed by atoms with van der Waals surface area (Å²) >= 11 is 0. The second-order valence-electron chi connectivity index (χ2n) is 6.07. The summed E-state index contributed by atoms with van der Waals surface area (Å²) in [7, 11) is 0.369. The predicted molar refractivity (Wildman–Crippen MR) is 106 cm³/mol. The Labute approximate surface area is 155 Å². The molecule has 0 aliphatic carbocycles. The largest absolute Gasteiger partial charge is 0.440 e. The van der Waals surface area contributed by atoms with Gasteiger partial charge in [-0.05, 0) is 40.0 Å². The van der Waals surface area contributed by atoms with Crippen molar-refractivity contribution in [1.29, 1.82) is 0 Å². The molecule has 7 nitrogen and oxygen atoms in total. The van der Waals surface area contributed by atoms with E-state index in [4.69, 9.17) is 18.9 Å². The highest BCUT2D eigenvalue weighted by atomic mass is 28.2. The molecule has 0 radical (unpaired) electrons. The van der Waals surface area contributed by atoms with Crippen LogP contribution < -0.4 is 0 Å². The zero-order valence-corrected chi connectivity index (χ0v) is 18.9. The molecule has 0 amide bonds. The van der Waals surface area contributed by atoms with E-state index in [0.29, 0.717) is 10.5 Å². The Morgan fingerprint density at radius 2 is 1.16 bits per heavy atom. The van der Waals surface area contributed by atoms with Crippen molar-refractivity contribution in [2.24, 2.45) is 15.5 Å². The summed E-state index contributed by atoms with van der Waals surface area (Å²) in [5.74, 6) is -1.51. The number of rotatable bonds is 14. The number of oxime groups is 3. The maximum Gasteiger partial charge on any atom is 0.440 e. The van der Waals surface area contributed by atoms with Crippen molar-refractivity contribution in [2.45, 2.75) is 86.0 Å². The zero-order valence-electron chi connectivity index (χ0n) is 16.9. The van der Waals surface area contributed by atoms with E-state index in [1.54, 1.807) is 0 Å². The maximum absolute atomic E-state index is 5.54. The van der Waals surface area contributed by atoms with Gasteiger partial charge in [0.05, 0.1) is 17.1 Å². The van der Waals surface area contributed by atoms with Crippen molar-refractivity contribution in [3.63, 3.8) is 0 Å². The Bertz CT molecular complexity index is 429. The fourth-order valence-electron chi connectivity index (χ4n) is 1.94. The zero-order chi connectivity index (χ0) is 19.1. The van der Waals surface area contributed by atoms with Gasteiger partial charge in [0.25, 0.3) is 0 Å². The summed E-state index contributed by atoms with van der Waals surface area (Å²) in [4.78, 5) is 16.5. The summed E-state index contributed by atoms with van der Waals surface area (Å²) in [6.07, 6.45) is 5.53. The molecule has 0 atom stereocenters. The third-order valence-corrected chi connectivity index (χ3v) is 3.91. The lowest BCUT2D eigenvalue weighted by atomic mass is 10.2. The van der Waals surface area contributed by atoms with Crippen molar-refractivity contribution in [2.75, 3.05) is 6.61 Å². The molecule has 0 fully saturated rings. The minimum absolute atomic E-state index is 0.0522. The highest BCUT2D eigenvalue weighted by molar-refractivity contribution is 5.98. The molecular weight excluding hydrogens is 338 g/mol. The molecule has 8 heteroatoms. The molecule has 0 rings (SSSR count). The van der Waals surface area contributed by atoms with Crippen LogP contribution in [-0.4, -0.2) is 40.2 Å². The van der Waals surface area contributed by atoms with Crippen LogP contribution in [0.25, 0.3) is 0 Å². The molecule has 0 aliphatic heterocycles. The van der Waals surface area contributed by atoms with Crippen LogP contribution in [0.3, 0.4) is 0 Å². The van der Waals surface area contributed by atoms with E-state index in [-0.39, 0.29) is 6.61 Å². The van der Waals surface area contributed by atoms with Gasteiger partial charge in [0.2, 0.25) is 6.61 Å². The Balaban J connectivity index is 5.12. The summed E-state index contributed by atoms with van der Waals surface area (Å²) in [5.41, 5.74) is 2.62. The van der Waals surface area contributed by atoms with E-state index in [2.05, 4.69) is 36.2 Å². The molecule has 25 heavy (non-hydrogen) atoms. The maximum atomic E-state index is 5.54. The first-order chi connectivity index (χ1) is 11.9. The quantitative estimate of drug-likeness (QED) is 0.202. The highest BCUT2D eigenvalue weighted by Crippen LogP contribution is 2.18. The van der Waals surface area contributed by atoms with E-state index >= 15 is 0 Å². The molecule has 146 valence electrons. The third kappa shape index (κ3) is 10.9. The minimum atomic E-state index is -1.51. The number of hydrogen-bond acceptors (Lipinski definition) is 7. The highest BCUT2D eigenvalue weighted by Gasteiger charge is 2.38. The topological polar surface area (TPSA) is 74.0 Å². The Hall–Kier alpha value is -1.41. The molecule has 0 aromatic carbocycles. The summed E-state index contributed by atoms with van der Waals surface area (Å²) < 4.78 is 5.52. The SMILES string of the molecule is CCCC(C)=NOCC(O[SiH3])(ON=C(C)CCC)ON=C(C)CCC. The van der Waals surface area contributed by atoms with Crippen LogP contribution in [0.15, 0.2) is 15.5 Å². The van der Waals surface area contributed by atoms with Crippen LogP contribution in [0.4, 0.5) is 0 Å². The summed E-state index contributed by atoms with van der Waals surface area (Å²) in [6, 6.07) is 0. The molecule has 0 N–H and O–H groups in total. The van der Waals surface area contributed by atoms with Gasteiger partial charge in [-0.15, -0.1) is 0 Å². The van der Waals surface area contributed by atoms with E-state index in [0.717, 1.165) is 55.7 Å². The van der Waals surface area contributed by atoms with Gasteiger partial charge >= 0.3 is 5.97 Å². The molecular formula is C17H35N3O4Si. The van der Waals surface area contributed by atoms with E-state index in [9.17, 15) is 0 Å². The normalized spacial score (nSPS) is 15.8. The van der Waals surface area contributed by atoms with Gasteiger partial charge in [-0.3, -0.25) is 0 Å². The first-order valence-electron chi connectivity index (χ1n) is 9.06. The van der Waals surface area contributed by atoms with Crippen molar-refractivity contribution >= 4 is 27.6 Å². The fourth-order valence-corrected chi connectivity index (χ4v) is 2.21. The van der Waals surface area contributed by atoms with Crippen LogP contribution in [0, 0.1) is 0 Å².